The van der Waals surface area contributed by atoms with Gasteiger partial charge in [0.15, 0.2) is 0 Å². The lowest BCUT2D eigenvalue weighted by Gasteiger charge is -2.40. The van der Waals surface area contributed by atoms with Crippen molar-refractivity contribution in [1.82, 2.24) is 4.90 Å². The van der Waals surface area contributed by atoms with E-state index in [0.29, 0.717) is 0 Å². The third kappa shape index (κ3) is 2.89. The van der Waals surface area contributed by atoms with Gasteiger partial charge in [0.2, 0.25) is 0 Å². The lowest BCUT2D eigenvalue weighted by atomic mass is 9.80. The highest BCUT2D eigenvalue weighted by Gasteiger charge is 2.37. The van der Waals surface area contributed by atoms with Crippen LogP contribution in [0.4, 0.5) is 0 Å². The summed E-state index contributed by atoms with van der Waals surface area (Å²) in [7, 11) is 1.69. The Labute approximate surface area is 122 Å². The summed E-state index contributed by atoms with van der Waals surface area (Å²) in [6.07, 6.45) is 5.23. The Kier molecular flexibility index (Phi) is 4.84. The molecule has 1 aliphatic rings. The Morgan fingerprint density at radius 2 is 2.15 bits per heavy atom. The fourth-order valence-electron chi connectivity index (χ4n) is 3.14. The topological polar surface area (TPSA) is 38.5 Å². The van der Waals surface area contributed by atoms with Crippen LogP contribution < -0.4 is 10.5 Å². The molecule has 2 atom stereocenters. The lowest BCUT2D eigenvalue weighted by molar-refractivity contribution is 0.161. The molecule has 1 aromatic rings. The summed E-state index contributed by atoms with van der Waals surface area (Å²) >= 11 is 0. The zero-order valence-corrected chi connectivity index (χ0v) is 12.6. The average Bonchev–Trinajstić information content (AvgIpc) is 3.00. The first-order valence-corrected chi connectivity index (χ1v) is 7.40. The molecule has 20 heavy (non-hydrogen) atoms. The van der Waals surface area contributed by atoms with Crippen LogP contribution in [0.15, 0.2) is 36.9 Å². The van der Waals surface area contributed by atoms with Gasteiger partial charge < -0.3 is 10.5 Å². The molecule has 1 aliphatic heterocycles. The number of hydrogen-bond donors (Lipinski definition) is 1. The van der Waals surface area contributed by atoms with Crippen molar-refractivity contribution >= 4 is 0 Å². The molecule has 2 unspecified atom stereocenters. The van der Waals surface area contributed by atoms with Gasteiger partial charge in [0.05, 0.1) is 12.6 Å². The van der Waals surface area contributed by atoms with Crippen molar-refractivity contribution < 1.29 is 4.74 Å². The molecule has 1 aromatic carbocycles. The van der Waals surface area contributed by atoms with Crippen LogP contribution in [-0.4, -0.2) is 31.1 Å². The van der Waals surface area contributed by atoms with E-state index in [1.807, 2.05) is 18.2 Å². The van der Waals surface area contributed by atoms with Gasteiger partial charge in [-0.2, -0.15) is 0 Å². The van der Waals surface area contributed by atoms with Gasteiger partial charge in [-0.15, -0.1) is 6.58 Å². The van der Waals surface area contributed by atoms with E-state index in [2.05, 4.69) is 30.5 Å². The van der Waals surface area contributed by atoms with Crippen molar-refractivity contribution in [2.24, 2.45) is 5.73 Å². The Hall–Kier alpha value is -1.32. The molecular formula is C17H26N2O. The molecule has 3 heteroatoms. The number of rotatable bonds is 6. The van der Waals surface area contributed by atoms with Crippen molar-refractivity contribution in [3.8, 4) is 5.75 Å². The molecular weight excluding hydrogens is 248 g/mol. The summed E-state index contributed by atoms with van der Waals surface area (Å²) in [5, 5.41) is 0. The number of likely N-dealkylation sites (tertiary alicyclic amines) is 1. The second-order valence-corrected chi connectivity index (χ2v) is 5.68. The van der Waals surface area contributed by atoms with E-state index >= 15 is 0 Å². The van der Waals surface area contributed by atoms with Crippen LogP contribution in [0.2, 0.25) is 0 Å². The van der Waals surface area contributed by atoms with Crippen molar-refractivity contribution in [2.45, 2.75) is 37.8 Å². The molecule has 110 valence electrons. The summed E-state index contributed by atoms with van der Waals surface area (Å²) in [5.74, 6) is 0.856. The van der Waals surface area contributed by atoms with Gasteiger partial charge in [0.25, 0.3) is 0 Å². The molecule has 0 radical (unpaired) electrons. The first kappa shape index (κ1) is 15.1. The summed E-state index contributed by atoms with van der Waals surface area (Å²) in [5.41, 5.74) is 7.51. The lowest BCUT2D eigenvalue weighted by Crippen LogP contribution is -2.53. The van der Waals surface area contributed by atoms with E-state index in [9.17, 15) is 0 Å². The maximum atomic E-state index is 6.81. The molecule has 0 spiro atoms. The van der Waals surface area contributed by atoms with Crippen LogP contribution in [0.1, 0.15) is 31.7 Å². The SMILES string of the molecule is C=CCC(N)(c1cccc(OC)c1)C(C)N1CCCC1. The highest BCUT2D eigenvalue weighted by molar-refractivity contribution is 5.35. The summed E-state index contributed by atoms with van der Waals surface area (Å²) in [6, 6.07) is 8.40. The van der Waals surface area contributed by atoms with Crippen LogP contribution in [0.5, 0.6) is 5.75 Å². The van der Waals surface area contributed by atoms with Crippen LogP contribution in [0.3, 0.4) is 0 Å². The molecule has 3 nitrogen and oxygen atoms in total. The molecule has 0 bridgehead atoms. The first-order chi connectivity index (χ1) is 9.61. The van der Waals surface area contributed by atoms with E-state index in [-0.39, 0.29) is 6.04 Å². The Bertz CT molecular complexity index is 454. The second kappa shape index (κ2) is 6.42. The number of nitrogens with two attached hydrogens (primary N) is 1. The Morgan fingerprint density at radius 1 is 1.45 bits per heavy atom. The molecule has 2 rings (SSSR count). The van der Waals surface area contributed by atoms with Crippen molar-refractivity contribution in [3.05, 3.63) is 42.5 Å². The third-order valence-corrected chi connectivity index (χ3v) is 4.52. The quantitative estimate of drug-likeness (QED) is 0.811. The highest BCUT2D eigenvalue weighted by atomic mass is 16.5. The largest absolute Gasteiger partial charge is 0.497 e. The van der Waals surface area contributed by atoms with Gasteiger partial charge in [-0.1, -0.05) is 18.2 Å². The monoisotopic (exact) mass is 274 g/mol. The predicted molar refractivity (Wildman–Crippen MR) is 83.9 cm³/mol. The van der Waals surface area contributed by atoms with Gasteiger partial charge >= 0.3 is 0 Å². The van der Waals surface area contributed by atoms with Gasteiger partial charge in [-0.25, -0.2) is 0 Å². The minimum absolute atomic E-state index is 0.287. The molecule has 0 aromatic heterocycles. The fourth-order valence-corrected chi connectivity index (χ4v) is 3.14. The zero-order valence-electron chi connectivity index (χ0n) is 12.6. The smallest absolute Gasteiger partial charge is 0.119 e. The van der Waals surface area contributed by atoms with Crippen LogP contribution in [0, 0.1) is 0 Å². The van der Waals surface area contributed by atoms with E-state index in [4.69, 9.17) is 10.5 Å². The maximum absolute atomic E-state index is 6.81. The summed E-state index contributed by atoms with van der Waals surface area (Å²) in [6.45, 7) is 8.40. The molecule has 1 saturated heterocycles. The first-order valence-electron chi connectivity index (χ1n) is 7.40. The van der Waals surface area contributed by atoms with E-state index in [0.717, 1.165) is 30.8 Å². The average molecular weight is 274 g/mol. The van der Waals surface area contributed by atoms with E-state index < -0.39 is 5.54 Å². The number of ether oxygens (including phenoxy) is 1. The second-order valence-electron chi connectivity index (χ2n) is 5.68. The van der Waals surface area contributed by atoms with Gasteiger partial charge in [0.1, 0.15) is 5.75 Å². The van der Waals surface area contributed by atoms with E-state index in [1.54, 1.807) is 7.11 Å². The maximum Gasteiger partial charge on any atom is 0.119 e. The van der Waals surface area contributed by atoms with Crippen molar-refractivity contribution in [2.75, 3.05) is 20.2 Å². The standard InChI is InChI=1S/C17H26N2O/c1-4-10-17(18,14(2)19-11-5-6-12-19)15-8-7-9-16(13-15)20-3/h4,7-9,13-14H,1,5-6,10-12,18H2,2-3H3. The minimum atomic E-state index is -0.416. The summed E-state index contributed by atoms with van der Waals surface area (Å²) in [4.78, 5) is 2.49. The molecule has 0 aliphatic carbocycles. The van der Waals surface area contributed by atoms with Crippen LogP contribution in [-0.2, 0) is 5.54 Å². The minimum Gasteiger partial charge on any atom is -0.497 e. The number of methoxy groups -OCH3 is 1. The van der Waals surface area contributed by atoms with Crippen molar-refractivity contribution in [1.29, 1.82) is 0 Å². The van der Waals surface area contributed by atoms with Crippen LogP contribution in [0.25, 0.3) is 0 Å². The normalized spacial score (nSPS) is 20.4. The fraction of sp³-hybridized carbons (Fsp3) is 0.529. The van der Waals surface area contributed by atoms with Gasteiger partial charge in [-0.05, 0) is 57.0 Å². The Balaban J connectivity index is 2.33. The molecule has 1 fully saturated rings. The summed E-state index contributed by atoms with van der Waals surface area (Å²) < 4.78 is 5.34. The van der Waals surface area contributed by atoms with Crippen LogP contribution >= 0.6 is 0 Å². The molecule has 1 heterocycles. The number of hydrogen-bond acceptors (Lipinski definition) is 3. The zero-order chi connectivity index (χ0) is 14.6. The highest BCUT2D eigenvalue weighted by Crippen LogP contribution is 2.33. The molecule has 2 N–H and O–H groups in total. The Morgan fingerprint density at radius 3 is 2.75 bits per heavy atom. The molecule has 0 amide bonds. The third-order valence-electron chi connectivity index (χ3n) is 4.52. The van der Waals surface area contributed by atoms with Crippen molar-refractivity contribution in [3.63, 3.8) is 0 Å². The number of benzene rings is 1. The molecule has 0 saturated carbocycles. The van der Waals surface area contributed by atoms with Gasteiger partial charge in [-0.3, -0.25) is 4.90 Å². The van der Waals surface area contributed by atoms with E-state index in [1.165, 1.54) is 12.8 Å². The predicted octanol–water partition coefficient (Wildman–Crippen LogP) is 2.91. The van der Waals surface area contributed by atoms with Gasteiger partial charge in [0, 0.05) is 6.04 Å². The number of nitrogens with zero attached hydrogens (tertiary/aromatic N) is 1.